The van der Waals surface area contributed by atoms with Gasteiger partial charge in [0.2, 0.25) is 16.0 Å². The molecule has 30 heavy (non-hydrogen) atoms. The smallest absolute Gasteiger partial charge is 0.408 e. The number of sulfonamides is 1. The van der Waals surface area contributed by atoms with Gasteiger partial charge in [-0.25, -0.2) is 23.3 Å². The molecule has 0 aliphatic rings. The molecular formula is C19H18N6O4S. The molecule has 2 aromatic carbocycles. The van der Waals surface area contributed by atoms with Gasteiger partial charge in [-0.05, 0) is 49.7 Å². The molecule has 154 valence electrons. The number of primary sulfonamides is 1. The van der Waals surface area contributed by atoms with E-state index in [1.807, 2.05) is 6.92 Å². The van der Waals surface area contributed by atoms with Gasteiger partial charge in [0.1, 0.15) is 5.82 Å². The first-order valence-electron chi connectivity index (χ1n) is 8.83. The fourth-order valence-corrected chi connectivity index (χ4v) is 3.72. The molecule has 0 atom stereocenters. The summed E-state index contributed by atoms with van der Waals surface area (Å²) in [5, 5.41) is 11.4. The van der Waals surface area contributed by atoms with Crippen LogP contribution in [-0.4, -0.2) is 23.4 Å². The number of hydrogen-bond donors (Lipinski definition) is 4. The van der Waals surface area contributed by atoms with Crippen LogP contribution in [-0.2, 0) is 10.0 Å². The molecule has 0 unspecified atom stereocenters. The number of aromatic nitrogens is 3. The molecule has 0 aliphatic heterocycles. The normalized spacial score (nSPS) is 11.6. The van der Waals surface area contributed by atoms with E-state index in [0.29, 0.717) is 33.9 Å². The topological polar surface area (TPSA) is 156 Å². The first-order valence-corrected chi connectivity index (χ1v) is 10.4. The lowest BCUT2D eigenvalue weighted by Gasteiger charge is -2.12. The molecule has 2 heterocycles. The van der Waals surface area contributed by atoms with Gasteiger partial charge < -0.3 is 15.1 Å². The lowest BCUT2D eigenvalue weighted by Crippen LogP contribution is -2.14. The van der Waals surface area contributed by atoms with E-state index in [9.17, 15) is 13.2 Å². The highest BCUT2D eigenvalue weighted by molar-refractivity contribution is 7.89. The third kappa shape index (κ3) is 4.02. The number of oxazole rings is 1. The minimum absolute atomic E-state index is 0.0281. The van der Waals surface area contributed by atoms with Crippen LogP contribution >= 0.6 is 0 Å². The second-order valence-electron chi connectivity index (χ2n) is 6.73. The summed E-state index contributed by atoms with van der Waals surface area (Å²) in [6, 6.07) is 9.95. The number of nitrogens with zero attached hydrogens (tertiary/aromatic N) is 2. The number of aryl methyl sites for hydroxylation is 2. The molecule has 2 aromatic heterocycles. The number of nitrogens with one attached hydrogen (secondary N) is 3. The number of benzene rings is 2. The second kappa shape index (κ2) is 7.28. The summed E-state index contributed by atoms with van der Waals surface area (Å²) < 4.78 is 28.5. The summed E-state index contributed by atoms with van der Waals surface area (Å²) in [6.07, 6.45) is 1.63. The number of nitrogens with two attached hydrogens (primary N) is 1. The number of aromatic amines is 1. The monoisotopic (exact) mass is 426 g/mol. The predicted molar refractivity (Wildman–Crippen MR) is 113 cm³/mol. The van der Waals surface area contributed by atoms with Gasteiger partial charge >= 0.3 is 5.76 Å². The molecule has 0 bridgehead atoms. The van der Waals surface area contributed by atoms with Crippen LogP contribution in [0.5, 0.6) is 0 Å². The molecule has 4 rings (SSSR count). The quantitative estimate of drug-likeness (QED) is 0.379. The van der Waals surface area contributed by atoms with E-state index in [-0.39, 0.29) is 10.8 Å². The van der Waals surface area contributed by atoms with Gasteiger partial charge in [-0.3, -0.25) is 4.98 Å². The molecule has 0 spiro atoms. The van der Waals surface area contributed by atoms with Crippen LogP contribution in [0.1, 0.15) is 11.1 Å². The van der Waals surface area contributed by atoms with Gasteiger partial charge in [0, 0.05) is 23.1 Å². The van der Waals surface area contributed by atoms with E-state index in [1.165, 1.54) is 6.07 Å². The van der Waals surface area contributed by atoms with E-state index in [0.717, 1.165) is 5.56 Å². The maximum absolute atomic E-state index is 11.7. The third-order valence-electron chi connectivity index (χ3n) is 4.40. The van der Waals surface area contributed by atoms with Crippen LogP contribution in [0.3, 0.4) is 0 Å². The van der Waals surface area contributed by atoms with Crippen molar-refractivity contribution < 1.29 is 12.8 Å². The summed E-state index contributed by atoms with van der Waals surface area (Å²) >= 11 is 0. The number of anilines is 4. The zero-order valence-corrected chi connectivity index (χ0v) is 16.9. The highest BCUT2D eigenvalue weighted by atomic mass is 32.2. The van der Waals surface area contributed by atoms with Crippen LogP contribution in [0, 0.1) is 13.8 Å². The molecule has 5 N–H and O–H groups in total. The van der Waals surface area contributed by atoms with Gasteiger partial charge in [-0.2, -0.15) is 4.98 Å². The third-order valence-corrected chi connectivity index (χ3v) is 5.46. The van der Waals surface area contributed by atoms with Gasteiger partial charge in [-0.1, -0.05) is 6.07 Å². The molecule has 0 fully saturated rings. The number of hydrogen-bond acceptors (Lipinski definition) is 8. The first-order chi connectivity index (χ1) is 14.2. The van der Waals surface area contributed by atoms with E-state index < -0.39 is 15.8 Å². The number of fused-ring (bicyclic) bond motifs is 1. The highest BCUT2D eigenvalue weighted by Crippen LogP contribution is 2.24. The van der Waals surface area contributed by atoms with Crippen molar-refractivity contribution in [3.05, 3.63) is 64.3 Å². The van der Waals surface area contributed by atoms with Crippen molar-refractivity contribution in [2.24, 2.45) is 5.14 Å². The Balaban J connectivity index is 1.62. The van der Waals surface area contributed by atoms with Crippen molar-refractivity contribution >= 4 is 44.3 Å². The summed E-state index contributed by atoms with van der Waals surface area (Å²) in [5.41, 5.74) is 3.52. The zero-order chi connectivity index (χ0) is 21.5. The van der Waals surface area contributed by atoms with Crippen LogP contribution in [0.25, 0.3) is 11.1 Å². The predicted octanol–water partition coefficient (Wildman–Crippen LogP) is 2.66. The van der Waals surface area contributed by atoms with Crippen molar-refractivity contribution in [3.8, 4) is 0 Å². The largest absolute Gasteiger partial charge is 0.417 e. The minimum Gasteiger partial charge on any atom is -0.408 e. The molecular weight excluding hydrogens is 408 g/mol. The van der Waals surface area contributed by atoms with Crippen molar-refractivity contribution in [3.63, 3.8) is 0 Å². The second-order valence-corrected chi connectivity index (χ2v) is 8.26. The standard InChI is InChI=1S/C19H18N6O4S/c1-10-3-4-13(8-16(10)30(20,27)28)23-18-21-9-11(2)17(25-18)22-12-5-6-15-14(7-12)24-19(26)29-15/h3-9H,1-2H3,(H,24,26)(H2,20,27,28)(H2,21,22,23,25). The van der Waals surface area contributed by atoms with Crippen molar-refractivity contribution in [1.82, 2.24) is 15.0 Å². The summed E-state index contributed by atoms with van der Waals surface area (Å²) in [5.74, 6) is 0.283. The highest BCUT2D eigenvalue weighted by Gasteiger charge is 2.13. The van der Waals surface area contributed by atoms with Gasteiger partial charge in [0.25, 0.3) is 0 Å². The SMILES string of the molecule is Cc1ccc(Nc2ncc(C)c(Nc3ccc4oc(=O)[nH]c4c3)n2)cc1S(N)(=O)=O. The Bertz CT molecular complexity index is 1420. The Kier molecular flexibility index (Phi) is 4.76. The fourth-order valence-electron chi connectivity index (χ4n) is 2.91. The molecule has 4 aromatic rings. The molecule has 0 aliphatic carbocycles. The van der Waals surface area contributed by atoms with Crippen molar-refractivity contribution in [2.45, 2.75) is 18.7 Å². The summed E-state index contributed by atoms with van der Waals surface area (Å²) in [4.78, 5) is 22.6. The molecule has 0 amide bonds. The van der Waals surface area contributed by atoms with E-state index >= 15 is 0 Å². The van der Waals surface area contributed by atoms with Gasteiger partial charge in [0.15, 0.2) is 5.58 Å². The Labute approximate surface area is 171 Å². The van der Waals surface area contributed by atoms with E-state index in [1.54, 1.807) is 43.5 Å². The summed E-state index contributed by atoms with van der Waals surface area (Å²) in [6.45, 7) is 3.51. The van der Waals surface area contributed by atoms with Gasteiger partial charge in [-0.15, -0.1) is 0 Å². The lowest BCUT2D eigenvalue weighted by molar-refractivity contribution is 0.555. The zero-order valence-electron chi connectivity index (χ0n) is 16.1. The molecule has 11 heteroatoms. The lowest BCUT2D eigenvalue weighted by atomic mass is 10.2. The summed E-state index contributed by atoms with van der Waals surface area (Å²) in [7, 11) is -3.85. The average molecular weight is 426 g/mol. The van der Waals surface area contributed by atoms with Crippen molar-refractivity contribution in [2.75, 3.05) is 10.6 Å². The molecule has 0 radical (unpaired) electrons. The maximum atomic E-state index is 11.7. The van der Waals surface area contributed by atoms with Gasteiger partial charge in [0.05, 0.1) is 10.4 Å². The molecule has 0 saturated heterocycles. The van der Waals surface area contributed by atoms with Crippen LogP contribution in [0.2, 0.25) is 0 Å². The van der Waals surface area contributed by atoms with Crippen LogP contribution in [0.15, 0.2) is 56.7 Å². The Hall–Kier alpha value is -3.70. The van der Waals surface area contributed by atoms with Crippen LogP contribution in [0.4, 0.5) is 23.1 Å². The fraction of sp³-hybridized carbons (Fsp3) is 0.105. The molecule has 10 nitrogen and oxygen atoms in total. The number of H-pyrrole nitrogens is 1. The Morgan fingerprint density at radius 1 is 1.03 bits per heavy atom. The minimum atomic E-state index is -3.85. The Morgan fingerprint density at radius 3 is 2.53 bits per heavy atom. The van der Waals surface area contributed by atoms with E-state index in [4.69, 9.17) is 9.56 Å². The van der Waals surface area contributed by atoms with E-state index in [2.05, 4.69) is 25.6 Å². The van der Waals surface area contributed by atoms with Crippen LogP contribution < -0.4 is 21.5 Å². The average Bonchev–Trinajstić information content (AvgIpc) is 3.04. The first kappa shape index (κ1) is 19.6. The molecule has 0 saturated carbocycles. The van der Waals surface area contributed by atoms with Crippen molar-refractivity contribution in [1.29, 1.82) is 0 Å². The number of rotatable bonds is 5. The Morgan fingerprint density at radius 2 is 1.77 bits per heavy atom. The maximum Gasteiger partial charge on any atom is 0.417 e.